The van der Waals surface area contributed by atoms with Gasteiger partial charge in [0.15, 0.2) is 0 Å². The fraction of sp³-hybridized carbons (Fsp3) is 0.824. The van der Waals surface area contributed by atoms with E-state index in [4.69, 9.17) is 0 Å². The van der Waals surface area contributed by atoms with E-state index in [1.54, 1.807) is 0 Å². The van der Waals surface area contributed by atoms with Crippen LogP contribution < -0.4 is 5.32 Å². The fourth-order valence-electron chi connectivity index (χ4n) is 4.14. The number of rotatable bonds is 4. The molecule has 1 aromatic heterocycles. The average molecular weight is 290 g/mol. The minimum absolute atomic E-state index is 0.429. The molecule has 0 aromatic carbocycles. The van der Waals surface area contributed by atoms with Crippen molar-refractivity contribution in [2.75, 3.05) is 19.6 Å². The molecule has 4 nitrogen and oxygen atoms in total. The molecule has 1 saturated heterocycles. The van der Waals surface area contributed by atoms with Gasteiger partial charge in [0.2, 0.25) is 0 Å². The summed E-state index contributed by atoms with van der Waals surface area (Å²) in [6.07, 6.45) is 12.2. The van der Waals surface area contributed by atoms with Crippen molar-refractivity contribution < 1.29 is 0 Å². The first kappa shape index (κ1) is 15.0. The Labute approximate surface area is 128 Å². The molecule has 2 fully saturated rings. The predicted molar refractivity (Wildman–Crippen MR) is 86.4 cm³/mol. The normalized spacial score (nSPS) is 26.3. The third-order valence-corrected chi connectivity index (χ3v) is 5.64. The highest BCUT2D eigenvalue weighted by atomic mass is 15.3. The highest BCUT2D eigenvalue weighted by molar-refractivity contribution is 5.00. The van der Waals surface area contributed by atoms with Crippen LogP contribution >= 0.6 is 0 Å². The Morgan fingerprint density at radius 1 is 1.29 bits per heavy atom. The van der Waals surface area contributed by atoms with Crippen LogP contribution in [0.25, 0.3) is 0 Å². The Morgan fingerprint density at radius 2 is 2.10 bits per heavy atom. The van der Waals surface area contributed by atoms with Crippen LogP contribution in [0.1, 0.15) is 51.3 Å². The van der Waals surface area contributed by atoms with Crippen LogP contribution in [0.2, 0.25) is 0 Å². The molecule has 118 valence electrons. The van der Waals surface area contributed by atoms with Gasteiger partial charge in [-0.1, -0.05) is 26.2 Å². The first-order valence-corrected chi connectivity index (χ1v) is 8.70. The maximum atomic E-state index is 4.35. The van der Waals surface area contributed by atoms with E-state index in [-0.39, 0.29) is 0 Å². The average Bonchev–Trinajstić information content (AvgIpc) is 2.93. The van der Waals surface area contributed by atoms with Crippen LogP contribution in [0.4, 0.5) is 0 Å². The maximum Gasteiger partial charge on any atom is 0.105 e. The predicted octanol–water partition coefficient (Wildman–Crippen LogP) is 2.58. The zero-order valence-corrected chi connectivity index (χ0v) is 13.6. The second-order valence-corrected chi connectivity index (χ2v) is 6.88. The number of aromatic nitrogens is 2. The molecule has 0 amide bonds. The smallest absolute Gasteiger partial charge is 0.105 e. The monoisotopic (exact) mass is 290 g/mol. The molecule has 1 atom stereocenters. The Balaban J connectivity index is 1.69. The van der Waals surface area contributed by atoms with Crippen LogP contribution in [0.5, 0.6) is 0 Å². The number of hydrogen-bond acceptors (Lipinski definition) is 3. The summed E-state index contributed by atoms with van der Waals surface area (Å²) in [4.78, 5) is 7.15. The zero-order chi connectivity index (χ0) is 14.7. The molecule has 2 heterocycles. The van der Waals surface area contributed by atoms with Gasteiger partial charge in [-0.3, -0.25) is 4.90 Å². The van der Waals surface area contributed by atoms with Crippen LogP contribution in [0.15, 0.2) is 12.4 Å². The molecule has 1 N–H and O–H groups in total. The SMILES string of the molecule is CCC1CN(CCn2ccnc2C)C2(CCCCC2)CN1. The lowest BCUT2D eigenvalue weighted by molar-refractivity contribution is 0.00682. The Bertz CT molecular complexity index is 447. The van der Waals surface area contributed by atoms with Crippen molar-refractivity contribution in [3.8, 4) is 0 Å². The summed E-state index contributed by atoms with van der Waals surface area (Å²) in [6, 6.07) is 0.668. The summed E-state index contributed by atoms with van der Waals surface area (Å²) in [7, 11) is 0. The van der Waals surface area contributed by atoms with E-state index in [0.717, 1.165) is 18.9 Å². The van der Waals surface area contributed by atoms with Gasteiger partial charge in [0.1, 0.15) is 5.82 Å². The lowest BCUT2D eigenvalue weighted by atomic mass is 9.78. The van der Waals surface area contributed by atoms with Crippen LogP contribution in [-0.4, -0.2) is 45.7 Å². The quantitative estimate of drug-likeness (QED) is 0.925. The van der Waals surface area contributed by atoms with Crippen molar-refractivity contribution in [1.82, 2.24) is 19.8 Å². The van der Waals surface area contributed by atoms with Gasteiger partial charge in [-0.15, -0.1) is 0 Å². The lowest BCUT2D eigenvalue weighted by Crippen LogP contribution is -2.65. The van der Waals surface area contributed by atoms with Crippen molar-refractivity contribution in [1.29, 1.82) is 0 Å². The second kappa shape index (κ2) is 6.49. The van der Waals surface area contributed by atoms with Crippen molar-refractivity contribution >= 4 is 0 Å². The molecule has 0 radical (unpaired) electrons. The van der Waals surface area contributed by atoms with E-state index in [1.807, 2.05) is 6.20 Å². The van der Waals surface area contributed by atoms with Gasteiger partial charge >= 0.3 is 0 Å². The van der Waals surface area contributed by atoms with Gasteiger partial charge in [-0.25, -0.2) is 4.98 Å². The molecule has 1 unspecified atom stereocenters. The molecule has 1 spiro atoms. The number of piperazine rings is 1. The van der Waals surface area contributed by atoms with E-state index in [0.29, 0.717) is 11.6 Å². The van der Waals surface area contributed by atoms with Crippen LogP contribution in [-0.2, 0) is 6.54 Å². The Hall–Kier alpha value is -0.870. The van der Waals surface area contributed by atoms with Gasteiger partial charge in [0.05, 0.1) is 0 Å². The summed E-state index contributed by atoms with van der Waals surface area (Å²) >= 11 is 0. The molecule has 1 aliphatic heterocycles. The number of aryl methyl sites for hydroxylation is 1. The molecule has 0 bridgehead atoms. The highest BCUT2D eigenvalue weighted by Crippen LogP contribution is 2.35. The summed E-state index contributed by atoms with van der Waals surface area (Å²) in [5.74, 6) is 1.13. The molecule has 4 heteroatoms. The first-order chi connectivity index (χ1) is 10.2. The highest BCUT2D eigenvalue weighted by Gasteiger charge is 2.41. The molecular weight excluding hydrogens is 260 g/mol. The van der Waals surface area contributed by atoms with Crippen LogP contribution in [0.3, 0.4) is 0 Å². The van der Waals surface area contributed by atoms with Crippen LogP contribution in [0, 0.1) is 6.92 Å². The maximum absolute atomic E-state index is 4.35. The van der Waals surface area contributed by atoms with Gasteiger partial charge in [-0.05, 0) is 26.2 Å². The molecular formula is C17H30N4. The van der Waals surface area contributed by atoms with E-state index >= 15 is 0 Å². The zero-order valence-electron chi connectivity index (χ0n) is 13.6. The summed E-state index contributed by atoms with van der Waals surface area (Å²) in [5.41, 5.74) is 0.429. The minimum atomic E-state index is 0.429. The summed E-state index contributed by atoms with van der Waals surface area (Å²) in [6.45, 7) is 9.04. The van der Waals surface area contributed by atoms with E-state index in [9.17, 15) is 0 Å². The summed E-state index contributed by atoms with van der Waals surface area (Å²) < 4.78 is 2.29. The second-order valence-electron chi connectivity index (χ2n) is 6.88. The van der Waals surface area contributed by atoms with Crippen molar-refractivity contribution in [2.24, 2.45) is 0 Å². The fourth-order valence-corrected chi connectivity index (χ4v) is 4.14. The van der Waals surface area contributed by atoms with Gasteiger partial charge in [-0.2, -0.15) is 0 Å². The minimum Gasteiger partial charge on any atom is -0.334 e. The molecule has 1 aromatic rings. The third-order valence-electron chi connectivity index (χ3n) is 5.64. The van der Waals surface area contributed by atoms with Gasteiger partial charge < -0.3 is 9.88 Å². The summed E-state index contributed by atoms with van der Waals surface area (Å²) in [5, 5.41) is 3.80. The Morgan fingerprint density at radius 3 is 2.76 bits per heavy atom. The molecule has 1 aliphatic carbocycles. The first-order valence-electron chi connectivity index (χ1n) is 8.70. The van der Waals surface area contributed by atoms with Crippen molar-refractivity contribution in [2.45, 2.75) is 70.5 Å². The van der Waals surface area contributed by atoms with Crippen molar-refractivity contribution in [3.63, 3.8) is 0 Å². The number of nitrogens with zero attached hydrogens (tertiary/aromatic N) is 3. The molecule has 3 rings (SSSR count). The number of nitrogens with one attached hydrogen (secondary N) is 1. The van der Waals surface area contributed by atoms with E-state index < -0.39 is 0 Å². The number of imidazole rings is 1. The number of hydrogen-bond donors (Lipinski definition) is 1. The molecule has 1 saturated carbocycles. The van der Waals surface area contributed by atoms with E-state index in [1.165, 1.54) is 51.6 Å². The van der Waals surface area contributed by atoms with Crippen molar-refractivity contribution in [3.05, 3.63) is 18.2 Å². The van der Waals surface area contributed by atoms with Gasteiger partial charge in [0, 0.05) is 50.2 Å². The standard InChI is InChI=1S/C17H30N4/c1-3-16-13-21(12-11-20-10-9-18-15(20)2)17(14-19-16)7-5-4-6-8-17/h9-10,16,19H,3-8,11-14H2,1-2H3. The molecule has 2 aliphatic rings. The van der Waals surface area contributed by atoms with E-state index in [2.05, 4.69) is 39.8 Å². The lowest BCUT2D eigenvalue weighted by Gasteiger charge is -2.52. The topological polar surface area (TPSA) is 33.1 Å². The van der Waals surface area contributed by atoms with Gasteiger partial charge in [0.25, 0.3) is 0 Å². The molecule has 21 heavy (non-hydrogen) atoms. The Kier molecular flexibility index (Phi) is 4.65. The third kappa shape index (κ3) is 3.16. The largest absolute Gasteiger partial charge is 0.334 e.